The first-order chi connectivity index (χ1) is 8.81. The Morgan fingerprint density at radius 1 is 1.37 bits per heavy atom. The van der Waals surface area contributed by atoms with Crippen LogP contribution in [0.2, 0.25) is 0 Å². The normalized spacial score (nSPS) is 35.9. The Bertz CT molecular complexity index is 518. The first-order valence-corrected chi connectivity index (χ1v) is 6.49. The number of rotatable bonds is 1. The van der Waals surface area contributed by atoms with Crippen LogP contribution >= 0.6 is 0 Å². The molecule has 0 saturated carbocycles. The maximum absolute atomic E-state index is 10.5. The van der Waals surface area contributed by atoms with Crippen LogP contribution in [-0.2, 0) is 0 Å². The van der Waals surface area contributed by atoms with Crippen molar-refractivity contribution < 1.29 is 10.2 Å². The molecule has 0 aromatic heterocycles. The van der Waals surface area contributed by atoms with Crippen LogP contribution in [0.1, 0.15) is 30.5 Å². The molecule has 102 valence electrons. The van der Waals surface area contributed by atoms with Crippen LogP contribution in [0.15, 0.2) is 24.3 Å². The molecule has 3 heteroatoms. The topological polar surface area (TPSA) is 43.7 Å². The van der Waals surface area contributed by atoms with E-state index in [1.165, 1.54) is 5.56 Å². The molecule has 1 heterocycles. The number of aliphatic hydroxyl groups is 2. The maximum atomic E-state index is 10.5. The predicted octanol–water partition coefficient (Wildman–Crippen LogP) is 1.49. The van der Waals surface area contributed by atoms with Crippen molar-refractivity contribution in [2.75, 3.05) is 13.6 Å². The number of piperidine rings is 1. The van der Waals surface area contributed by atoms with E-state index in [0.717, 1.165) is 5.56 Å². The van der Waals surface area contributed by atoms with E-state index in [1.807, 2.05) is 43.1 Å². The molecule has 19 heavy (non-hydrogen) atoms. The third-order valence-electron chi connectivity index (χ3n) is 4.26. The van der Waals surface area contributed by atoms with Crippen molar-refractivity contribution in [2.24, 2.45) is 0 Å². The maximum Gasteiger partial charge on any atom is 0.156 e. The van der Waals surface area contributed by atoms with Crippen LogP contribution in [0.25, 0.3) is 0 Å². The number of benzene rings is 1. The van der Waals surface area contributed by atoms with Crippen LogP contribution < -0.4 is 0 Å². The van der Waals surface area contributed by atoms with E-state index < -0.39 is 11.2 Å². The summed E-state index contributed by atoms with van der Waals surface area (Å²) < 4.78 is 0. The molecule has 1 fully saturated rings. The Labute approximate surface area is 114 Å². The van der Waals surface area contributed by atoms with Crippen molar-refractivity contribution in [1.29, 1.82) is 0 Å². The molecule has 3 atom stereocenters. The van der Waals surface area contributed by atoms with Crippen LogP contribution in [-0.4, -0.2) is 39.9 Å². The standard InChI is InChI=1S/C16H21NO2/c1-5-16(19)10-14(17(4)11-15(16,3)18)13-9-7-6-8-12(13)2/h1,6-9,14,18-19H,10-11H2,2-4H3/t14-,15-,16-/m0/s1. The SMILES string of the molecule is C#C[C@]1(O)C[C@@H](c2ccccc2C)N(C)C[C@]1(C)O. The van der Waals surface area contributed by atoms with Gasteiger partial charge in [-0.3, -0.25) is 4.90 Å². The lowest BCUT2D eigenvalue weighted by molar-refractivity contribution is -0.160. The van der Waals surface area contributed by atoms with Gasteiger partial charge >= 0.3 is 0 Å². The highest BCUT2D eigenvalue weighted by Gasteiger charge is 2.51. The molecule has 1 aliphatic rings. The van der Waals surface area contributed by atoms with E-state index in [1.54, 1.807) is 6.92 Å². The highest BCUT2D eigenvalue weighted by Crippen LogP contribution is 2.41. The third-order valence-corrected chi connectivity index (χ3v) is 4.26. The zero-order valence-corrected chi connectivity index (χ0v) is 11.7. The van der Waals surface area contributed by atoms with Gasteiger partial charge in [-0.05, 0) is 32.0 Å². The number of likely N-dealkylation sites (N-methyl/N-ethyl adjacent to an activating group) is 1. The summed E-state index contributed by atoms with van der Waals surface area (Å²) in [5.41, 5.74) is -0.475. The summed E-state index contributed by atoms with van der Waals surface area (Å²) in [4.78, 5) is 2.05. The molecule has 0 radical (unpaired) electrons. The zero-order valence-electron chi connectivity index (χ0n) is 11.7. The predicted molar refractivity (Wildman–Crippen MR) is 75.6 cm³/mol. The second-order valence-electron chi connectivity index (χ2n) is 5.77. The zero-order chi connectivity index (χ0) is 14.3. The highest BCUT2D eigenvalue weighted by atomic mass is 16.4. The molecule has 1 saturated heterocycles. The van der Waals surface area contributed by atoms with Crippen LogP contribution in [0.3, 0.4) is 0 Å². The van der Waals surface area contributed by atoms with Gasteiger partial charge in [0.2, 0.25) is 0 Å². The van der Waals surface area contributed by atoms with Crippen LogP contribution in [0, 0.1) is 19.3 Å². The van der Waals surface area contributed by atoms with Gasteiger partial charge in [-0.2, -0.15) is 0 Å². The Kier molecular flexibility index (Phi) is 3.44. The summed E-state index contributed by atoms with van der Waals surface area (Å²) in [6, 6.07) is 8.09. The average Bonchev–Trinajstić information content (AvgIpc) is 2.34. The monoisotopic (exact) mass is 259 g/mol. The number of hydrogen-bond donors (Lipinski definition) is 2. The highest BCUT2D eigenvalue weighted by molar-refractivity contribution is 5.32. The minimum atomic E-state index is -1.49. The Hall–Kier alpha value is -1.34. The summed E-state index contributed by atoms with van der Waals surface area (Å²) in [6.45, 7) is 3.98. The lowest BCUT2D eigenvalue weighted by Gasteiger charge is -2.49. The van der Waals surface area contributed by atoms with Gasteiger partial charge in [-0.1, -0.05) is 30.2 Å². The fourth-order valence-corrected chi connectivity index (χ4v) is 2.90. The lowest BCUT2D eigenvalue weighted by atomic mass is 9.74. The number of β-amino-alcohol motifs (C(OH)–C–C–N with tert-alkyl or cyclic N) is 1. The molecule has 3 nitrogen and oxygen atoms in total. The van der Waals surface area contributed by atoms with Crippen molar-refractivity contribution in [1.82, 2.24) is 4.90 Å². The summed E-state index contributed by atoms with van der Waals surface area (Å²) in [5, 5.41) is 20.9. The van der Waals surface area contributed by atoms with Crippen LogP contribution in [0.5, 0.6) is 0 Å². The quantitative estimate of drug-likeness (QED) is 0.751. The Balaban J connectivity index is 2.40. The number of nitrogens with zero attached hydrogens (tertiary/aromatic N) is 1. The van der Waals surface area contributed by atoms with Crippen molar-refractivity contribution in [3.63, 3.8) is 0 Å². The fraction of sp³-hybridized carbons (Fsp3) is 0.500. The molecular formula is C16H21NO2. The van der Waals surface area contributed by atoms with Gasteiger partial charge < -0.3 is 10.2 Å². The van der Waals surface area contributed by atoms with E-state index in [0.29, 0.717) is 13.0 Å². The van der Waals surface area contributed by atoms with Crippen LogP contribution in [0.4, 0.5) is 0 Å². The van der Waals surface area contributed by atoms with Gasteiger partial charge in [0, 0.05) is 19.0 Å². The van der Waals surface area contributed by atoms with Crippen molar-refractivity contribution in [3.8, 4) is 12.3 Å². The van der Waals surface area contributed by atoms with Gasteiger partial charge in [-0.15, -0.1) is 6.42 Å². The summed E-state index contributed by atoms with van der Waals surface area (Å²) in [5.74, 6) is 2.39. The van der Waals surface area contributed by atoms with E-state index in [4.69, 9.17) is 6.42 Å². The summed E-state index contributed by atoms with van der Waals surface area (Å²) in [6.07, 6.45) is 5.79. The van der Waals surface area contributed by atoms with Gasteiger partial charge in [0.25, 0.3) is 0 Å². The summed E-state index contributed by atoms with van der Waals surface area (Å²) in [7, 11) is 1.95. The van der Waals surface area contributed by atoms with Crippen molar-refractivity contribution in [2.45, 2.75) is 37.5 Å². The molecule has 0 bridgehead atoms. The molecule has 0 spiro atoms. The largest absolute Gasteiger partial charge is 0.385 e. The van der Waals surface area contributed by atoms with E-state index in [9.17, 15) is 10.2 Å². The number of aryl methyl sites for hydroxylation is 1. The molecular weight excluding hydrogens is 238 g/mol. The molecule has 1 aliphatic heterocycles. The Morgan fingerprint density at radius 2 is 2.00 bits per heavy atom. The average molecular weight is 259 g/mol. The molecule has 2 N–H and O–H groups in total. The van der Waals surface area contributed by atoms with E-state index in [-0.39, 0.29) is 6.04 Å². The van der Waals surface area contributed by atoms with Gasteiger partial charge in [-0.25, -0.2) is 0 Å². The molecule has 2 rings (SSSR count). The Morgan fingerprint density at radius 3 is 2.58 bits per heavy atom. The summed E-state index contributed by atoms with van der Waals surface area (Å²) >= 11 is 0. The minimum absolute atomic E-state index is 0.0162. The van der Waals surface area contributed by atoms with Gasteiger partial charge in [0.05, 0.1) is 0 Å². The number of terminal acetylenes is 1. The fourth-order valence-electron chi connectivity index (χ4n) is 2.90. The molecule has 0 amide bonds. The molecule has 1 aromatic rings. The number of likely N-dealkylation sites (tertiary alicyclic amines) is 1. The second kappa shape index (κ2) is 4.64. The smallest absolute Gasteiger partial charge is 0.156 e. The van der Waals surface area contributed by atoms with Crippen molar-refractivity contribution in [3.05, 3.63) is 35.4 Å². The van der Waals surface area contributed by atoms with E-state index >= 15 is 0 Å². The van der Waals surface area contributed by atoms with Crippen molar-refractivity contribution >= 4 is 0 Å². The lowest BCUT2D eigenvalue weighted by Crippen LogP contribution is -2.62. The van der Waals surface area contributed by atoms with E-state index in [2.05, 4.69) is 5.92 Å². The molecule has 1 aromatic carbocycles. The first-order valence-electron chi connectivity index (χ1n) is 6.49. The minimum Gasteiger partial charge on any atom is -0.385 e. The first kappa shape index (κ1) is 14.1. The third kappa shape index (κ3) is 2.28. The van der Waals surface area contributed by atoms with Gasteiger partial charge in [0.15, 0.2) is 5.60 Å². The molecule has 0 unspecified atom stereocenters. The molecule has 0 aliphatic carbocycles. The second-order valence-corrected chi connectivity index (χ2v) is 5.77. The number of hydrogen-bond acceptors (Lipinski definition) is 3. The van der Waals surface area contributed by atoms with Gasteiger partial charge in [0.1, 0.15) is 5.60 Å².